The Morgan fingerprint density at radius 2 is 1.57 bits per heavy atom. The Hall–Kier alpha value is -3.71. The number of nitrogens with zero attached hydrogens (tertiary/aromatic N) is 2. The number of hydrogen-bond acceptors (Lipinski definition) is 5. The van der Waals surface area contributed by atoms with Crippen molar-refractivity contribution in [2.24, 2.45) is 11.8 Å². The van der Waals surface area contributed by atoms with E-state index in [2.05, 4.69) is 15.9 Å². The summed E-state index contributed by atoms with van der Waals surface area (Å²) in [6.45, 7) is 0. The third kappa shape index (κ3) is 3.26. The Morgan fingerprint density at radius 3 is 2.29 bits per heavy atom. The number of benzene rings is 3. The van der Waals surface area contributed by atoms with Crippen molar-refractivity contribution in [2.45, 2.75) is 12.1 Å². The number of halogens is 1. The second kappa shape index (κ2) is 8.20. The molecule has 0 radical (unpaired) electrons. The second-order valence-corrected chi connectivity index (χ2v) is 9.81. The number of methoxy groups -OCH3 is 1. The number of fused-ring (bicyclic) bond motifs is 5. The normalized spacial score (nSPS) is 24.3. The maximum absolute atomic E-state index is 14.0. The molecule has 0 aliphatic carbocycles. The third-order valence-corrected chi connectivity index (χ3v) is 7.67. The van der Waals surface area contributed by atoms with E-state index in [1.807, 2.05) is 53.5 Å². The highest BCUT2D eigenvalue weighted by Crippen LogP contribution is 2.49. The number of para-hydroxylation sites is 1. The first kappa shape index (κ1) is 21.8. The van der Waals surface area contributed by atoms with E-state index in [9.17, 15) is 14.4 Å². The number of ether oxygens (including phenoxy) is 1. The van der Waals surface area contributed by atoms with Crippen LogP contribution in [0.1, 0.15) is 15.9 Å². The molecular formula is C28H21BrN2O4. The monoisotopic (exact) mass is 528 g/mol. The molecule has 0 saturated carbocycles. The zero-order valence-corrected chi connectivity index (χ0v) is 20.4. The fourth-order valence-electron chi connectivity index (χ4n) is 5.58. The summed E-state index contributed by atoms with van der Waals surface area (Å²) in [5, 5.41) is 0. The second-order valence-electron chi connectivity index (χ2n) is 8.89. The maximum atomic E-state index is 14.0. The van der Waals surface area contributed by atoms with Crippen LogP contribution < -0.4 is 14.5 Å². The molecule has 4 unspecified atom stereocenters. The van der Waals surface area contributed by atoms with Gasteiger partial charge in [0.2, 0.25) is 11.8 Å². The van der Waals surface area contributed by atoms with Crippen LogP contribution in [0.3, 0.4) is 0 Å². The summed E-state index contributed by atoms with van der Waals surface area (Å²) in [6, 6.07) is 20.6. The maximum Gasteiger partial charge on any atom is 0.240 e. The van der Waals surface area contributed by atoms with Crippen molar-refractivity contribution < 1.29 is 19.1 Å². The van der Waals surface area contributed by atoms with Gasteiger partial charge < -0.3 is 9.64 Å². The number of Topliss-reactive ketones (excluding diaryl/α,β-unsaturated/α-hetero) is 1. The Balaban J connectivity index is 1.47. The highest BCUT2D eigenvalue weighted by Gasteiger charge is 2.64. The first-order chi connectivity index (χ1) is 17.0. The summed E-state index contributed by atoms with van der Waals surface area (Å²) in [5.74, 6) is -1.61. The molecule has 2 saturated heterocycles. The van der Waals surface area contributed by atoms with Crippen molar-refractivity contribution in [3.63, 3.8) is 0 Å². The summed E-state index contributed by atoms with van der Waals surface area (Å²) in [5.41, 5.74) is 2.82. The predicted molar refractivity (Wildman–Crippen MR) is 136 cm³/mol. The molecule has 3 heterocycles. The molecule has 3 aromatic carbocycles. The zero-order chi connectivity index (χ0) is 24.3. The number of hydrogen-bond donors (Lipinski definition) is 0. The molecule has 0 aromatic heterocycles. The first-order valence-corrected chi connectivity index (χ1v) is 12.2. The topological polar surface area (TPSA) is 66.9 Å². The minimum Gasteiger partial charge on any atom is -0.497 e. The van der Waals surface area contributed by atoms with Crippen LogP contribution in [0.15, 0.2) is 83.3 Å². The van der Waals surface area contributed by atoms with Gasteiger partial charge in [-0.3, -0.25) is 14.4 Å². The van der Waals surface area contributed by atoms with Crippen LogP contribution in [0, 0.1) is 11.8 Å². The van der Waals surface area contributed by atoms with E-state index in [0.717, 1.165) is 15.7 Å². The van der Waals surface area contributed by atoms with Crippen LogP contribution in [0.4, 0.5) is 11.4 Å². The van der Waals surface area contributed by atoms with Crippen molar-refractivity contribution in [2.75, 3.05) is 16.9 Å². The molecule has 4 atom stereocenters. The fraction of sp³-hybridized carbons (Fsp3) is 0.179. The average molecular weight is 529 g/mol. The average Bonchev–Trinajstić information content (AvgIpc) is 3.37. The smallest absolute Gasteiger partial charge is 0.240 e. The van der Waals surface area contributed by atoms with E-state index in [4.69, 9.17) is 4.74 Å². The van der Waals surface area contributed by atoms with Crippen molar-refractivity contribution in [3.8, 4) is 5.75 Å². The lowest BCUT2D eigenvalue weighted by atomic mass is 9.86. The first-order valence-electron chi connectivity index (χ1n) is 11.4. The minimum atomic E-state index is -0.794. The van der Waals surface area contributed by atoms with Crippen molar-refractivity contribution in [1.29, 1.82) is 0 Å². The molecule has 0 bridgehead atoms. The summed E-state index contributed by atoms with van der Waals surface area (Å²) in [4.78, 5) is 44.8. The number of anilines is 2. The van der Waals surface area contributed by atoms with E-state index in [0.29, 0.717) is 17.0 Å². The van der Waals surface area contributed by atoms with Gasteiger partial charge >= 0.3 is 0 Å². The highest BCUT2D eigenvalue weighted by atomic mass is 79.9. The lowest BCUT2D eigenvalue weighted by Gasteiger charge is -2.36. The van der Waals surface area contributed by atoms with Crippen molar-refractivity contribution in [3.05, 3.63) is 94.5 Å². The standard InChI is InChI=1S/C28H21BrN2O4/c1-35-20-13-11-19(12-14-20)30-27(33)23-22-15-8-16-4-2-3-5-21(16)31(22)25(24(23)28(30)34)26(32)17-6-9-18(29)10-7-17/h2-15,22-25H,1H3. The lowest BCUT2D eigenvalue weighted by molar-refractivity contribution is -0.122. The van der Waals surface area contributed by atoms with Crippen LogP contribution in [-0.2, 0) is 9.59 Å². The molecule has 35 heavy (non-hydrogen) atoms. The van der Waals surface area contributed by atoms with Crippen LogP contribution >= 0.6 is 15.9 Å². The number of rotatable bonds is 4. The number of ketones is 1. The molecule has 3 aliphatic heterocycles. The summed E-state index contributed by atoms with van der Waals surface area (Å²) in [6.07, 6.45) is 3.94. The molecule has 3 aromatic rings. The summed E-state index contributed by atoms with van der Waals surface area (Å²) < 4.78 is 6.08. The van der Waals surface area contributed by atoms with Crippen LogP contribution in [0.2, 0.25) is 0 Å². The summed E-state index contributed by atoms with van der Waals surface area (Å²) >= 11 is 3.42. The largest absolute Gasteiger partial charge is 0.497 e. The molecule has 0 N–H and O–H groups in total. The van der Waals surface area contributed by atoms with Gasteiger partial charge in [-0.2, -0.15) is 0 Å². The number of carbonyl (C=O) groups excluding carboxylic acids is 3. The molecule has 2 fully saturated rings. The van der Waals surface area contributed by atoms with Gasteiger partial charge in [-0.1, -0.05) is 58.4 Å². The SMILES string of the molecule is COc1ccc(N2C(=O)C3C(C2=O)C(C(=O)c2ccc(Br)cc2)N2c4ccccc4C=CC32)cc1. The van der Waals surface area contributed by atoms with Crippen LogP contribution in [0.5, 0.6) is 5.75 Å². The Morgan fingerprint density at radius 1 is 0.886 bits per heavy atom. The van der Waals surface area contributed by atoms with E-state index >= 15 is 0 Å². The van der Waals surface area contributed by atoms with E-state index in [-0.39, 0.29) is 23.6 Å². The fourth-order valence-corrected chi connectivity index (χ4v) is 5.85. The minimum absolute atomic E-state index is 0.169. The van der Waals surface area contributed by atoms with E-state index in [1.165, 1.54) is 4.90 Å². The lowest BCUT2D eigenvalue weighted by Crippen LogP contribution is -2.48. The van der Waals surface area contributed by atoms with Gasteiger partial charge in [0.15, 0.2) is 5.78 Å². The Kier molecular flexibility index (Phi) is 5.11. The van der Waals surface area contributed by atoms with Gasteiger partial charge in [-0.25, -0.2) is 4.90 Å². The predicted octanol–water partition coefficient (Wildman–Crippen LogP) is 4.73. The molecule has 7 heteroatoms. The van der Waals surface area contributed by atoms with Crippen molar-refractivity contribution in [1.82, 2.24) is 0 Å². The van der Waals surface area contributed by atoms with Gasteiger partial charge in [0, 0.05) is 15.7 Å². The van der Waals surface area contributed by atoms with Gasteiger partial charge in [-0.05, 0) is 48.0 Å². The van der Waals surface area contributed by atoms with Crippen molar-refractivity contribution >= 4 is 51.0 Å². The van der Waals surface area contributed by atoms with Gasteiger partial charge in [0.1, 0.15) is 11.8 Å². The number of carbonyl (C=O) groups is 3. The van der Waals surface area contributed by atoms with E-state index < -0.39 is 17.9 Å². The molecule has 3 aliphatic rings. The number of amides is 2. The van der Waals surface area contributed by atoms with E-state index in [1.54, 1.807) is 43.5 Å². The van der Waals surface area contributed by atoms with Gasteiger partial charge in [0.25, 0.3) is 0 Å². The van der Waals surface area contributed by atoms with Crippen LogP contribution in [-0.4, -0.2) is 36.8 Å². The molecule has 174 valence electrons. The highest BCUT2D eigenvalue weighted by molar-refractivity contribution is 9.10. The summed E-state index contributed by atoms with van der Waals surface area (Å²) in [7, 11) is 1.56. The molecular weight excluding hydrogens is 508 g/mol. The van der Waals surface area contributed by atoms with Gasteiger partial charge in [-0.15, -0.1) is 0 Å². The zero-order valence-electron chi connectivity index (χ0n) is 18.8. The third-order valence-electron chi connectivity index (χ3n) is 7.14. The molecule has 6 rings (SSSR count). The molecule has 0 spiro atoms. The van der Waals surface area contributed by atoms with Crippen LogP contribution in [0.25, 0.3) is 6.08 Å². The van der Waals surface area contributed by atoms with Gasteiger partial charge in [0.05, 0.1) is 30.7 Å². The Labute approximate surface area is 210 Å². The Bertz CT molecular complexity index is 1380. The molecule has 2 amide bonds. The number of imide groups is 1. The molecule has 6 nitrogen and oxygen atoms in total. The quantitative estimate of drug-likeness (QED) is 0.361.